The Balaban J connectivity index is 1.71. The fourth-order valence-electron chi connectivity index (χ4n) is 5.33. The Morgan fingerprint density at radius 3 is 2.52 bits per heavy atom. The van der Waals surface area contributed by atoms with Gasteiger partial charge in [-0.05, 0) is 47.0 Å². The third kappa shape index (κ3) is 3.86. The molecule has 180 valence electrons. The molecule has 9 nitrogen and oxygen atoms in total. The molecule has 1 spiro atoms. The number of nitrogens with one attached hydrogen (secondary N) is 2. The van der Waals surface area contributed by atoms with E-state index in [4.69, 9.17) is 9.26 Å². The molecule has 9 heteroatoms. The van der Waals surface area contributed by atoms with E-state index in [1.807, 2.05) is 32.9 Å². The maximum Gasteiger partial charge on any atom is 0.246 e. The average Bonchev–Trinajstić information content (AvgIpc) is 3.36. The van der Waals surface area contributed by atoms with Gasteiger partial charge in [-0.2, -0.15) is 0 Å². The highest BCUT2D eigenvalue weighted by Crippen LogP contribution is 2.59. The molecule has 0 radical (unpaired) electrons. The van der Waals surface area contributed by atoms with E-state index < -0.39 is 34.6 Å². The summed E-state index contributed by atoms with van der Waals surface area (Å²) in [6.07, 6.45) is 4.38. The summed E-state index contributed by atoms with van der Waals surface area (Å²) in [5.41, 5.74) is -2.68. The van der Waals surface area contributed by atoms with Crippen molar-refractivity contribution < 1.29 is 23.6 Å². The fraction of sp³-hybridized carbons (Fsp3) is 0.667. The molecule has 5 atom stereocenters. The summed E-state index contributed by atoms with van der Waals surface area (Å²) in [4.78, 5) is 42.3. The summed E-state index contributed by atoms with van der Waals surface area (Å²) in [6, 6.07) is 0.767. The van der Waals surface area contributed by atoms with Crippen molar-refractivity contribution in [1.82, 2.24) is 15.4 Å². The van der Waals surface area contributed by atoms with E-state index in [0.717, 1.165) is 6.42 Å². The summed E-state index contributed by atoms with van der Waals surface area (Å²) < 4.78 is 11.5. The quantitative estimate of drug-likeness (QED) is 0.633. The molecule has 2 N–H and O–H groups in total. The average molecular weight is 459 g/mol. The van der Waals surface area contributed by atoms with Crippen molar-refractivity contribution in [2.45, 2.75) is 77.7 Å². The molecule has 0 aliphatic carbocycles. The lowest BCUT2D eigenvalue weighted by molar-refractivity contribution is -0.144. The first-order chi connectivity index (χ1) is 15.3. The summed E-state index contributed by atoms with van der Waals surface area (Å²) in [7, 11) is 0. The van der Waals surface area contributed by atoms with Crippen LogP contribution in [0.5, 0.6) is 0 Å². The lowest BCUT2D eigenvalue weighted by Crippen LogP contribution is -2.58. The maximum absolute atomic E-state index is 13.8. The van der Waals surface area contributed by atoms with Crippen LogP contribution < -0.4 is 10.6 Å². The number of aromatic nitrogens is 1. The predicted octanol–water partition coefficient (Wildman–Crippen LogP) is 2.42. The first-order valence-corrected chi connectivity index (χ1v) is 11.5. The summed E-state index contributed by atoms with van der Waals surface area (Å²) in [5, 5.41) is 9.62. The Kier molecular flexibility index (Phi) is 5.47. The van der Waals surface area contributed by atoms with Crippen molar-refractivity contribution in [3.63, 3.8) is 0 Å². The van der Waals surface area contributed by atoms with Crippen LogP contribution in [0.15, 0.2) is 22.7 Å². The van der Waals surface area contributed by atoms with Crippen LogP contribution in [0.25, 0.3) is 0 Å². The fourth-order valence-corrected chi connectivity index (χ4v) is 5.33. The number of nitrogens with zero attached hydrogens (tertiary/aromatic N) is 2. The number of aryl methyl sites for hydroxylation is 1. The van der Waals surface area contributed by atoms with Gasteiger partial charge in [0.15, 0.2) is 5.82 Å². The van der Waals surface area contributed by atoms with Gasteiger partial charge in [0.1, 0.15) is 17.4 Å². The Bertz CT molecular complexity index is 1010. The van der Waals surface area contributed by atoms with E-state index in [0.29, 0.717) is 18.2 Å². The van der Waals surface area contributed by atoms with Gasteiger partial charge in [0.05, 0.1) is 17.4 Å². The Hall–Kier alpha value is -2.68. The Labute approximate surface area is 194 Å². The monoisotopic (exact) mass is 458 g/mol. The first kappa shape index (κ1) is 23.5. The van der Waals surface area contributed by atoms with E-state index in [9.17, 15) is 14.4 Å². The topological polar surface area (TPSA) is 114 Å². The molecule has 4 rings (SSSR count). The normalized spacial score (nSPS) is 32.5. The Morgan fingerprint density at radius 2 is 1.94 bits per heavy atom. The number of hydrogen-bond donors (Lipinski definition) is 2. The minimum absolute atomic E-state index is 0.228. The number of hydrogen-bond acceptors (Lipinski definition) is 6. The molecule has 0 saturated carbocycles. The second-order valence-electron chi connectivity index (χ2n) is 11.1. The van der Waals surface area contributed by atoms with Crippen LogP contribution in [0.2, 0.25) is 0 Å². The smallest absolute Gasteiger partial charge is 0.246 e. The van der Waals surface area contributed by atoms with Gasteiger partial charge in [0.2, 0.25) is 17.7 Å². The highest BCUT2D eigenvalue weighted by molar-refractivity contribution is 6.03. The van der Waals surface area contributed by atoms with Gasteiger partial charge in [0.25, 0.3) is 0 Å². The minimum atomic E-state index is -1.19. The van der Waals surface area contributed by atoms with Crippen LogP contribution in [-0.2, 0) is 19.1 Å². The van der Waals surface area contributed by atoms with E-state index in [-0.39, 0.29) is 23.5 Å². The van der Waals surface area contributed by atoms with Crippen molar-refractivity contribution in [2.75, 3.05) is 11.9 Å². The maximum atomic E-state index is 13.8. The van der Waals surface area contributed by atoms with Crippen molar-refractivity contribution in [3.05, 3.63) is 24.0 Å². The number of fused-ring (bicyclic) bond motifs is 1. The highest BCUT2D eigenvalue weighted by Gasteiger charge is 2.76. The van der Waals surface area contributed by atoms with E-state index in [1.165, 1.54) is 0 Å². The van der Waals surface area contributed by atoms with Crippen molar-refractivity contribution in [2.24, 2.45) is 17.8 Å². The largest absolute Gasteiger partial charge is 0.360 e. The molecule has 0 aromatic carbocycles. The van der Waals surface area contributed by atoms with Gasteiger partial charge in [-0.3, -0.25) is 14.4 Å². The molecule has 3 aliphatic rings. The Morgan fingerprint density at radius 1 is 1.24 bits per heavy atom. The second-order valence-corrected chi connectivity index (χ2v) is 11.1. The third-order valence-electron chi connectivity index (χ3n) is 6.65. The van der Waals surface area contributed by atoms with Crippen LogP contribution in [-0.4, -0.2) is 57.1 Å². The number of likely N-dealkylation sites (tertiary alicyclic amines) is 1. The molecule has 2 bridgehead atoms. The number of carbonyl (C=O) groups is 3. The van der Waals surface area contributed by atoms with Crippen LogP contribution in [0.3, 0.4) is 0 Å². The van der Waals surface area contributed by atoms with Gasteiger partial charge < -0.3 is 24.8 Å². The molecule has 2 fully saturated rings. The zero-order chi connectivity index (χ0) is 24.3. The SMILES string of the molecule is Cc1cc(NC(=O)[C@H]2[C@@H]3C(=O)N(CCC(C)C)[C@H](C(=O)NC(C)(C)C)[C@@]34C=C[C@]2(C)O4)no1. The van der Waals surface area contributed by atoms with E-state index >= 15 is 0 Å². The first-order valence-electron chi connectivity index (χ1n) is 11.5. The number of rotatable bonds is 6. The zero-order valence-corrected chi connectivity index (χ0v) is 20.4. The second kappa shape index (κ2) is 7.68. The van der Waals surface area contributed by atoms with Gasteiger partial charge in [-0.15, -0.1) is 0 Å². The molecule has 4 heterocycles. The van der Waals surface area contributed by atoms with E-state index in [1.54, 1.807) is 24.8 Å². The van der Waals surface area contributed by atoms with Gasteiger partial charge >= 0.3 is 0 Å². The van der Waals surface area contributed by atoms with Gasteiger partial charge in [0, 0.05) is 18.2 Å². The lowest BCUT2D eigenvalue weighted by Gasteiger charge is -2.35. The predicted molar refractivity (Wildman–Crippen MR) is 121 cm³/mol. The highest BCUT2D eigenvalue weighted by atomic mass is 16.5. The standard InChI is InChI=1S/C24H34N4O5/c1-13(2)8-11-28-18(20(30)26-22(4,5)6)24-10-9-23(7,33-24)16(17(24)21(28)31)19(29)25-15-12-14(3)32-27-15/h9-10,12-13,16-18H,8,11H2,1-7H3,(H,26,30)(H,25,27,29)/t16-,17-,18-,23+,24-/m1/s1. The molecule has 33 heavy (non-hydrogen) atoms. The molecule has 1 aromatic rings. The summed E-state index contributed by atoms with van der Waals surface area (Å²) in [6.45, 7) is 13.8. The van der Waals surface area contributed by atoms with Crippen LogP contribution in [0, 0.1) is 24.7 Å². The van der Waals surface area contributed by atoms with Gasteiger partial charge in [-0.25, -0.2) is 0 Å². The van der Waals surface area contributed by atoms with Crippen LogP contribution in [0.1, 0.15) is 53.7 Å². The number of amides is 3. The number of anilines is 1. The van der Waals surface area contributed by atoms with Crippen molar-refractivity contribution in [3.8, 4) is 0 Å². The molecular formula is C24H34N4O5. The third-order valence-corrected chi connectivity index (χ3v) is 6.65. The molecule has 3 amide bonds. The van der Waals surface area contributed by atoms with Crippen LogP contribution in [0.4, 0.5) is 5.82 Å². The van der Waals surface area contributed by atoms with Crippen molar-refractivity contribution in [1.29, 1.82) is 0 Å². The number of ether oxygens (including phenoxy) is 1. The van der Waals surface area contributed by atoms with E-state index in [2.05, 4.69) is 29.6 Å². The van der Waals surface area contributed by atoms with Crippen molar-refractivity contribution >= 4 is 23.5 Å². The molecular weight excluding hydrogens is 424 g/mol. The zero-order valence-electron chi connectivity index (χ0n) is 20.4. The molecule has 1 aromatic heterocycles. The summed E-state index contributed by atoms with van der Waals surface area (Å²) in [5.74, 6) is -1.29. The lowest BCUT2D eigenvalue weighted by atomic mass is 9.70. The summed E-state index contributed by atoms with van der Waals surface area (Å²) >= 11 is 0. The van der Waals surface area contributed by atoms with Gasteiger partial charge in [-0.1, -0.05) is 31.2 Å². The molecule has 2 saturated heterocycles. The number of carbonyl (C=O) groups excluding carboxylic acids is 3. The minimum Gasteiger partial charge on any atom is -0.360 e. The molecule has 0 unspecified atom stereocenters. The van der Waals surface area contributed by atoms with Crippen LogP contribution >= 0.6 is 0 Å². The molecule has 3 aliphatic heterocycles.